The van der Waals surface area contributed by atoms with E-state index in [1.807, 2.05) is 17.0 Å². The molecule has 136 valence electrons. The van der Waals surface area contributed by atoms with E-state index in [1.165, 1.54) is 12.8 Å². The molecule has 5 heteroatoms. The Bertz CT molecular complexity index is 606. The zero-order valence-corrected chi connectivity index (χ0v) is 15.4. The number of nitrogens with zero attached hydrogens (tertiary/aromatic N) is 3. The maximum atomic E-state index is 12.8. The summed E-state index contributed by atoms with van der Waals surface area (Å²) in [5.74, 6) is 1.63. The van der Waals surface area contributed by atoms with Gasteiger partial charge in [0.2, 0.25) is 0 Å². The van der Waals surface area contributed by atoms with Crippen LogP contribution in [0.15, 0.2) is 18.3 Å². The van der Waals surface area contributed by atoms with Gasteiger partial charge in [-0.25, -0.2) is 4.98 Å². The summed E-state index contributed by atoms with van der Waals surface area (Å²) in [4.78, 5) is 33.7. The van der Waals surface area contributed by atoms with Crippen LogP contribution in [-0.2, 0) is 4.79 Å². The topological polar surface area (TPSA) is 53.5 Å². The Hall–Kier alpha value is -1.91. The van der Waals surface area contributed by atoms with Gasteiger partial charge in [0.1, 0.15) is 11.6 Å². The van der Waals surface area contributed by atoms with Crippen molar-refractivity contribution in [1.29, 1.82) is 0 Å². The minimum atomic E-state index is -0.00284. The average Bonchev–Trinajstić information content (AvgIpc) is 3.15. The second kappa shape index (κ2) is 7.98. The number of rotatable bonds is 5. The minimum absolute atomic E-state index is 0.00233. The van der Waals surface area contributed by atoms with Gasteiger partial charge in [-0.05, 0) is 43.7 Å². The van der Waals surface area contributed by atoms with Crippen LogP contribution < -0.4 is 4.90 Å². The van der Waals surface area contributed by atoms with Crippen molar-refractivity contribution in [2.75, 3.05) is 31.1 Å². The van der Waals surface area contributed by atoms with Gasteiger partial charge in [0.25, 0.3) is 5.91 Å². The van der Waals surface area contributed by atoms with Crippen molar-refractivity contribution < 1.29 is 9.59 Å². The molecule has 0 aliphatic carbocycles. The lowest BCUT2D eigenvalue weighted by Gasteiger charge is -2.32. The molecule has 2 aliphatic rings. The SMILES string of the molecule is CC(C)CC(=O)[C@H]1CCCN(C(=O)c2ccc(N3CCCC3)nc2)C1. The van der Waals surface area contributed by atoms with E-state index in [2.05, 4.69) is 23.7 Å². The fourth-order valence-corrected chi connectivity index (χ4v) is 3.82. The fourth-order valence-electron chi connectivity index (χ4n) is 3.82. The molecule has 0 N–H and O–H groups in total. The molecule has 3 heterocycles. The molecule has 2 fully saturated rings. The molecule has 1 amide bonds. The summed E-state index contributed by atoms with van der Waals surface area (Å²) >= 11 is 0. The van der Waals surface area contributed by atoms with Crippen LogP contribution in [0.5, 0.6) is 0 Å². The van der Waals surface area contributed by atoms with Crippen LogP contribution in [0.3, 0.4) is 0 Å². The zero-order chi connectivity index (χ0) is 17.8. The smallest absolute Gasteiger partial charge is 0.255 e. The molecule has 1 aromatic rings. The summed E-state index contributed by atoms with van der Waals surface area (Å²) in [5.41, 5.74) is 0.625. The normalized spacial score (nSPS) is 21.0. The average molecular weight is 343 g/mol. The molecule has 0 radical (unpaired) electrons. The number of Topliss-reactive ketones (excluding diaryl/α,β-unsaturated/α-hetero) is 1. The fraction of sp³-hybridized carbons (Fsp3) is 0.650. The van der Waals surface area contributed by atoms with Crippen LogP contribution in [0.2, 0.25) is 0 Å². The number of likely N-dealkylation sites (tertiary alicyclic amines) is 1. The summed E-state index contributed by atoms with van der Waals surface area (Å²) in [6.07, 6.45) is 6.53. The number of carbonyl (C=O) groups is 2. The number of carbonyl (C=O) groups excluding carboxylic acids is 2. The van der Waals surface area contributed by atoms with E-state index in [0.717, 1.165) is 38.3 Å². The molecule has 5 nitrogen and oxygen atoms in total. The monoisotopic (exact) mass is 343 g/mol. The molecule has 2 saturated heterocycles. The van der Waals surface area contributed by atoms with Crippen molar-refractivity contribution in [2.45, 2.75) is 46.0 Å². The molecule has 0 spiro atoms. The van der Waals surface area contributed by atoms with E-state index in [-0.39, 0.29) is 11.8 Å². The van der Waals surface area contributed by atoms with Crippen LogP contribution in [0.4, 0.5) is 5.82 Å². The first-order valence-corrected chi connectivity index (χ1v) is 9.57. The number of pyridine rings is 1. The molecule has 0 aromatic carbocycles. The van der Waals surface area contributed by atoms with Crippen molar-refractivity contribution in [1.82, 2.24) is 9.88 Å². The van der Waals surface area contributed by atoms with Crippen molar-refractivity contribution in [3.63, 3.8) is 0 Å². The second-order valence-electron chi connectivity index (χ2n) is 7.75. The number of piperidine rings is 1. The van der Waals surface area contributed by atoms with Crippen LogP contribution >= 0.6 is 0 Å². The predicted molar refractivity (Wildman–Crippen MR) is 98.8 cm³/mol. The quantitative estimate of drug-likeness (QED) is 0.824. The van der Waals surface area contributed by atoms with E-state index in [4.69, 9.17) is 0 Å². The van der Waals surface area contributed by atoms with Gasteiger partial charge < -0.3 is 9.80 Å². The Morgan fingerprint density at radius 1 is 1.16 bits per heavy atom. The lowest BCUT2D eigenvalue weighted by Crippen LogP contribution is -2.42. The van der Waals surface area contributed by atoms with Crippen LogP contribution in [0, 0.1) is 11.8 Å². The van der Waals surface area contributed by atoms with E-state index < -0.39 is 0 Å². The Kier molecular flexibility index (Phi) is 5.71. The number of hydrogen-bond acceptors (Lipinski definition) is 4. The first-order chi connectivity index (χ1) is 12.0. The van der Waals surface area contributed by atoms with Gasteiger partial charge in [0.15, 0.2) is 0 Å². The first-order valence-electron chi connectivity index (χ1n) is 9.57. The zero-order valence-electron chi connectivity index (χ0n) is 15.4. The summed E-state index contributed by atoms with van der Waals surface area (Å²) in [7, 11) is 0. The number of hydrogen-bond donors (Lipinski definition) is 0. The summed E-state index contributed by atoms with van der Waals surface area (Å²) in [6.45, 7) is 7.52. The molecule has 3 rings (SSSR count). The van der Waals surface area contributed by atoms with Gasteiger partial charge >= 0.3 is 0 Å². The molecule has 25 heavy (non-hydrogen) atoms. The van der Waals surface area contributed by atoms with Gasteiger partial charge in [-0.15, -0.1) is 0 Å². The molecule has 2 aliphatic heterocycles. The van der Waals surface area contributed by atoms with Crippen molar-refractivity contribution in [3.8, 4) is 0 Å². The summed E-state index contributed by atoms with van der Waals surface area (Å²) in [6, 6.07) is 3.83. The highest BCUT2D eigenvalue weighted by Crippen LogP contribution is 2.23. The molecular formula is C20H29N3O2. The van der Waals surface area contributed by atoms with E-state index in [1.54, 1.807) is 6.20 Å². The van der Waals surface area contributed by atoms with E-state index in [9.17, 15) is 9.59 Å². The summed E-state index contributed by atoms with van der Waals surface area (Å²) < 4.78 is 0. The first kappa shape index (κ1) is 17.9. The molecule has 0 bridgehead atoms. The lowest BCUT2D eigenvalue weighted by molar-refractivity contribution is -0.124. The number of amides is 1. The Morgan fingerprint density at radius 3 is 2.56 bits per heavy atom. The van der Waals surface area contributed by atoms with Crippen molar-refractivity contribution in [3.05, 3.63) is 23.9 Å². The molecule has 0 unspecified atom stereocenters. The second-order valence-corrected chi connectivity index (χ2v) is 7.75. The molecule has 0 saturated carbocycles. The van der Waals surface area contributed by atoms with E-state index >= 15 is 0 Å². The largest absolute Gasteiger partial charge is 0.357 e. The van der Waals surface area contributed by atoms with Gasteiger partial charge in [-0.3, -0.25) is 9.59 Å². The van der Waals surface area contributed by atoms with Crippen molar-refractivity contribution >= 4 is 17.5 Å². The highest BCUT2D eigenvalue weighted by molar-refractivity contribution is 5.94. The summed E-state index contributed by atoms with van der Waals surface area (Å²) in [5, 5.41) is 0. The maximum Gasteiger partial charge on any atom is 0.255 e. The standard InChI is InChI=1S/C20H29N3O2/c1-15(2)12-18(24)17-6-5-11-23(14-17)20(25)16-7-8-19(21-13-16)22-9-3-4-10-22/h7-8,13,15,17H,3-6,9-12,14H2,1-2H3/t17-/m0/s1. The third-order valence-corrected chi connectivity index (χ3v) is 5.20. The van der Waals surface area contributed by atoms with Crippen LogP contribution in [0.1, 0.15) is 56.3 Å². The minimum Gasteiger partial charge on any atom is -0.357 e. The number of aromatic nitrogens is 1. The molecule has 1 atom stereocenters. The predicted octanol–water partition coefficient (Wildman–Crippen LogP) is 3.15. The third-order valence-electron chi connectivity index (χ3n) is 5.20. The van der Waals surface area contributed by atoms with Gasteiger partial charge in [0.05, 0.1) is 5.56 Å². The third kappa shape index (κ3) is 4.39. The van der Waals surface area contributed by atoms with Crippen LogP contribution in [0.25, 0.3) is 0 Å². The Balaban J connectivity index is 1.62. The van der Waals surface area contributed by atoms with Gasteiger partial charge in [-0.2, -0.15) is 0 Å². The highest BCUT2D eigenvalue weighted by Gasteiger charge is 2.29. The molecule has 1 aromatic heterocycles. The van der Waals surface area contributed by atoms with E-state index in [0.29, 0.717) is 30.2 Å². The Labute approximate surface area is 150 Å². The molecular weight excluding hydrogens is 314 g/mol. The number of ketones is 1. The highest BCUT2D eigenvalue weighted by atomic mass is 16.2. The lowest BCUT2D eigenvalue weighted by atomic mass is 9.89. The van der Waals surface area contributed by atoms with Gasteiger partial charge in [0, 0.05) is 44.7 Å². The Morgan fingerprint density at radius 2 is 1.92 bits per heavy atom. The maximum absolute atomic E-state index is 12.8. The number of anilines is 1. The van der Waals surface area contributed by atoms with Crippen LogP contribution in [-0.4, -0.2) is 47.8 Å². The van der Waals surface area contributed by atoms with Gasteiger partial charge in [-0.1, -0.05) is 13.8 Å². The van der Waals surface area contributed by atoms with Crippen molar-refractivity contribution in [2.24, 2.45) is 11.8 Å².